The van der Waals surface area contributed by atoms with Crippen molar-refractivity contribution < 1.29 is 9.59 Å². The van der Waals surface area contributed by atoms with E-state index < -0.39 is 0 Å². The molecule has 1 aromatic rings. The first-order chi connectivity index (χ1) is 9.72. The number of anilines is 2. The molecule has 3 N–H and O–H groups in total. The monoisotopic (exact) mass is 346 g/mol. The molecular weight excluding hydrogens is 327 g/mol. The van der Waals surface area contributed by atoms with Crippen molar-refractivity contribution in [1.29, 1.82) is 0 Å². The Morgan fingerprint density at radius 1 is 1.09 bits per heavy atom. The van der Waals surface area contributed by atoms with Gasteiger partial charge in [0.1, 0.15) is 5.82 Å². The van der Waals surface area contributed by atoms with E-state index >= 15 is 0 Å². The summed E-state index contributed by atoms with van der Waals surface area (Å²) < 4.78 is 0. The Balaban J connectivity index is 0.00000121. The minimum atomic E-state index is -0.107. The lowest BCUT2D eigenvalue weighted by atomic mass is 10.2. The highest BCUT2D eigenvalue weighted by Gasteiger charge is 2.29. The van der Waals surface area contributed by atoms with E-state index in [1.165, 1.54) is 0 Å². The zero-order valence-electron chi connectivity index (χ0n) is 12.0. The smallest absolute Gasteiger partial charge is 0.241 e. The number of pyridine rings is 1. The molecule has 2 amide bonds. The van der Waals surface area contributed by atoms with E-state index in [4.69, 9.17) is 0 Å². The summed E-state index contributed by atoms with van der Waals surface area (Å²) in [5.74, 6) is 0.687. The molecule has 1 atom stereocenters. The lowest BCUT2D eigenvalue weighted by Gasteiger charge is -2.11. The van der Waals surface area contributed by atoms with Gasteiger partial charge in [0, 0.05) is 5.92 Å². The van der Waals surface area contributed by atoms with Crippen molar-refractivity contribution in [2.45, 2.75) is 31.7 Å². The second kappa shape index (κ2) is 8.31. The van der Waals surface area contributed by atoms with Crippen LogP contribution in [0.4, 0.5) is 11.5 Å². The zero-order valence-corrected chi connectivity index (χ0v) is 13.6. The first-order valence-corrected chi connectivity index (χ1v) is 7.03. The van der Waals surface area contributed by atoms with Crippen LogP contribution in [0.25, 0.3) is 0 Å². The fourth-order valence-electron chi connectivity index (χ4n) is 2.25. The molecule has 0 radical (unpaired) electrons. The third-order valence-corrected chi connectivity index (χ3v) is 3.61. The van der Waals surface area contributed by atoms with Gasteiger partial charge in [0.15, 0.2) is 0 Å². The minimum Gasteiger partial charge on any atom is -0.323 e. The molecule has 8 heteroatoms. The topological polar surface area (TPSA) is 83.1 Å². The molecule has 122 valence electrons. The maximum absolute atomic E-state index is 11.9. The van der Waals surface area contributed by atoms with Crippen LogP contribution in [0.2, 0.25) is 0 Å². The predicted octanol–water partition coefficient (Wildman–Crippen LogP) is 1.96. The molecule has 3 rings (SSSR count). The standard InChI is InChI=1S/C14H18N4O2.2ClH/c19-13(9-3-4-9)18-12-6-5-10(8-16-12)17-14(20)11-2-1-7-15-11;;/h5-6,8-9,11,15H,1-4,7H2,(H,17,20)(H,16,18,19);2*1H. The molecule has 1 aliphatic carbocycles. The number of halogens is 2. The van der Waals surface area contributed by atoms with Gasteiger partial charge in [-0.1, -0.05) is 0 Å². The molecule has 0 bridgehead atoms. The lowest BCUT2D eigenvalue weighted by Crippen LogP contribution is -2.35. The molecule has 1 unspecified atom stereocenters. The van der Waals surface area contributed by atoms with E-state index in [0.29, 0.717) is 11.5 Å². The lowest BCUT2D eigenvalue weighted by molar-refractivity contribution is -0.118. The summed E-state index contributed by atoms with van der Waals surface area (Å²) in [6.45, 7) is 0.891. The van der Waals surface area contributed by atoms with Gasteiger partial charge in [0.25, 0.3) is 0 Å². The van der Waals surface area contributed by atoms with Crippen molar-refractivity contribution in [1.82, 2.24) is 10.3 Å². The molecule has 1 saturated carbocycles. The number of hydrogen-bond acceptors (Lipinski definition) is 4. The second-order valence-electron chi connectivity index (χ2n) is 5.33. The molecule has 1 aliphatic heterocycles. The van der Waals surface area contributed by atoms with E-state index in [0.717, 1.165) is 32.2 Å². The largest absolute Gasteiger partial charge is 0.323 e. The number of nitrogens with zero attached hydrogens (tertiary/aromatic N) is 1. The molecule has 0 spiro atoms. The van der Waals surface area contributed by atoms with E-state index in [2.05, 4.69) is 20.9 Å². The van der Waals surface area contributed by atoms with Crippen LogP contribution in [0.5, 0.6) is 0 Å². The molecule has 0 aromatic carbocycles. The highest BCUT2D eigenvalue weighted by molar-refractivity contribution is 5.95. The van der Waals surface area contributed by atoms with E-state index in [-0.39, 0.29) is 48.6 Å². The molecule has 6 nitrogen and oxygen atoms in total. The van der Waals surface area contributed by atoms with Gasteiger partial charge < -0.3 is 16.0 Å². The summed E-state index contributed by atoms with van der Waals surface area (Å²) in [7, 11) is 0. The summed E-state index contributed by atoms with van der Waals surface area (Å²) >= 11 is 0. The molecule has 2 fully saturated rings. The van der Waals surface area contributed by atoms with Gasteiger partial charge in [-0.2, -0.15) is 0 Å². The first-order valence-electron chi connectivity index (χ1n) is 7.03. The van der Waals surface area contributed by atoms with E-state index in [9.17, 15) is 9.59 Å². The molecule has 22 heavy (non-hydrogen) atoms. The number of amides is 2. The Kier molecular flexibility index (Phi) is 7.06. The number of rotatable bonds is 4. The number of carbonyl (C=O) groups is 2. The van der Waals surface area contributed by atoms with Gasteiger partial charge in [0.2, 0.25) is 11.8 Å². The Labute approximate surface area is 141 Å². The fourth-order valence-corrected chi connectivity index (χ4v) is 2.25. The normalized spacial score (nSPS) is 19.5. The van der Waals surface area contributed by atoms with Crippen LogP contribution in [0.3, 0.4) is 0 Å². The zero-order chi connectivity index (χ0) is 13.9. The van der Waals surface area contributed by atoms with Crippen molar-refractivity contribution in [3.63, 3.8) is 0 Å². The van der Waals surface area contributed by atoms with Gasteiger partial charge in [-0.3, -0.25) is 9.59 Å². The summed E-state index contributed by atoms with van der Waals surface area (Å²) in [5.41, 5.74) is 0.646. The van der Waals surface area contributed by atoms with Crippen LogP contribution in [0.1, 0.15) is 25.7 Å². The fraction of sp³-hybridized carbons (Fsp3) is 0.500. The molecule has 1 aromatic heterocycles. The highest BCUT2D eigenvalue weighted by atomic mass is 35.5. The van der Waals surface area contributed by atoms with Crippen LogP contribution in [-0.2, 0) is 9.59 Å². The third kappa shape index (κ3) is 4.83. The van der Waals surface area contributed by atoms with E-state index in [1.807, 2.05) is 0 Å². The number of hydrogen-bond donors (Lipinski definition) is 3. The third-order valence-electron chi connectivity index (χ3n) is 3.61. The summed E-state index contributed by atoms with van der Waals surface area (Å²) in [6.07, 6.45) is 5.40. The summed E-state index contributed by atoms with van der Waals surface area (Å²) in [4.78, 5) is 27.6. The summed E-state index contributed by atoms with van der Waals surface area (Å²) in [5, 5.41) is 8.73. The van der Waals surface area contributed by atoms with Crippen molar-refractivity contribution in [3.05, 3.63) is 18.3 Å². The van der Waals surface area contributed by atoms with Crippen molar-refractivity contribution in [2.24, 2.45) is 5.92 Å². The van der Waals surface area contributed by atoms with Crippen molar-refractivity contribution in [2.75, 3.05) is 17.2 Å². The van der Waals surface area contributed by atoms with Gasteiger partial charge in [-0.15, -0.1) is 24.8 Å². The van der Waals surface area contributed by atoms with Crippen molar-refractivity contribution >= 4 is 48.1 Å². The predicted molar refractivity (Wildman–Crippen MR) is 89.7 cm³/mol. The quantitative estimate of drug-likeness (QED) is 0.778. The van der Waals surface area contributed by atoms with Gasteiger partial charge in [-0.25, -0.2) is 4.98 Å². The van der Waals surface area contributed by atoms with Crippen LogP contribution in [-0.4, -0.2) is 29.4 Å². The van der Waals surface area contributed by atoms with Crippen LogP contribution >= 0.6 is 24.8 Å². The average molecular weight is 347 g/mol. The van der Waals surface area contributed by atoms with Crippen LogP contribution in [0, 0.1) is 5.92 Å². The highest BCUT2D eigenvalue weighted by Crippen LogP contribution is 2.29. The Hall–Kier alpha value is -1.37. The van der Waals surface area contributed by atoms with Crippen LogP contribution < -0.4 is 16.0 Å². The Morgan fingerprint density at radius 2 is 1.86 bits per heavy atom. The number of aromatic nitrogens is 1. The maximum Gasteiger partial charge on any atom is 0.241 e. The number of carbonyl (C=O) groups excluding carboxylic acids is 2. The Bertz CT molecular complexity index is 514. The second-order valence-corrected chi connectivity index (χ2v) is 5.33. The molecular formula is C14H20Cl2N4O2. The van der Waals surface area contributed by atoms with Gasteiger partial charge >= 0.3 is 0 Å². The van der Waals surface area contributed by atoms with E-state index in [1.54, 1.807) is 18.3 Å². The summed E-state index contributed by atoms with van der Waals surface area (Å²) in [6, 6.07) is 3.35. The SMILES string of the molecule is Cl.Cl.O=C(Nc1ccc(NC(=O)C2CCCN2)cn1)C1CC1. The van der Waals surface area contributed by atoms with Gasteiger partial charge in [0.05, 0.1) is 17.9 Å². The molecule has 2 heterocycles. The minimum absolute atomic E-state index is 0. The van der Waals surface area contributed by atoms with Crippen LogP contribution in [0.15, 0.2) is 18.3 Å². The molecule has 1 saturated heterocycles. The maximum atomic E-state index is 11.9. The number of nitrogens with one attached hydrogen (secondary N) is 3. The Morgan fingerprint density at radius 3 is 2.41 bits per heavy atom. The van der Waals surface area contributed by atoms with Gasteiger partial charge in [-0.05, 0) is 44.4 Å². The average Bonchev–Trinajstić information content (AvgIpc) is 3.16. The first kappa shape index (κ1) is 18.7. The molecule has 2 aliphatic rings. The van der Waals surface area contributed by atoms with Crippen molar-refractivity contribution in [3.8, 4) is 0 Å².